The standard InChI is InChI=1S/C15H27BFNO4/c1-14(2,3)12(19)21-8-9(16)11(10(17)7-18)22-13(20)15(4,5)6/h7,9-11,18H,8,16H2,1-6H3/t9-,10+,11?/m0/s1. The molecule has 0 aromatic heterocycles. The fourth-order valence-electron chi connectivity index (χ4n) is 1.41. The second-order valence-electron chi connectivity index (χ2n) is 7.56. The summed E-state index contributed by atoms with van der Waals surface area (Å²) in [5.74, 6) is -1.53. The quantitative estimate of drug-likeness (QED) is 0.462. The van der Waals surface area contributed by atoms with E-state index in [-0.39, 0.29) is 6.61 Å². The van der Waals surface area contributed by atoms with Crippen LogP contribution in [0.1, 0.15) is 41.5 Å². The van der Waals surface area contributed by atoms with Gasteiger partial charge in [-0.2, -0.15) is 0 Å². The molecule has 0 aliphatic carbocycles. The summed E-state index contributed by atoms with van der Waals surface area (Å²) in [5.41, 5.74) is -1.43. The summed E-state index contributed by atoms with van der Waals surface area (Å²) in [6.07, 6.45) is -2.31. The van der Waals surface area contributed by atoms with Gasteiger partial charge in [0.25, 0.3) is 0 Å². The number of alkyl halides is 1. The van der Waals surface area contributed by atoms with Crippen molar-refractivity contribution < 1.29 is 23.5 Å². The lowest BCUT2D eigenvalue weighted by Crippen LogP contribution is -2.39. The average Bonchev–Trinajstić information content (AvgIpc) is 2.38. The van der Waals surface area contributed by atoms with Crippen LogP contribution in [0, 0.1) is 16.2 Å². The molecule has 0 aromatic rings. The Labute approximate surface area is 132 Å². The predicted molar refractivity (Wildman–Crippen MR) is 85.7 cm³/mol. The van der Waals surface area contributed by atoms with Crippen LogP contribution in [-0.2, 0) is 19.1 Å². The topological polar surface area (TPSA) is 76.5 Å². The van der Waals surface area contributed by atoms with Gasteiger partial charge in [-0.15, -0.1) is 0 Å². The molecule has 0 spiro atoms. The maximum absolute atomic E-state index is 13.9. The van der Waals surface area contributed by atoms with Gasteiger partial charge in [0, 0.05) is 12.0 Å². The van der Waals surface area contributed by atoms with Crippen LogP contribution in [0.25, 0.3) is 0 Å². The lowest BCUT2D eigenvalue weighted by molar-refractivity contribution is -0.163. The first-order valence-corrected chi connectivity index (χ1v) is 7.33. The Bertz CT molecular complexity index is 415. The normalized spacial score (nSPS) is 16.3. The molecule has 0 radical (unpaired) electrons. The van der Waals surface area contributed by atoms with Crippen molar-refractivity contribution >= 4 is 26.0 Å². The van der Waals surface area contributed by atoms with E-state index in [2.05, 4.69) is 0 Å². The van der Waals surface area contributed by atoms with E-state index in [1.54, 1.807) is 49.4 Å². The van der Waals surface area contributed by atoms with Gasteiger partial charge in [-0.05, 0) is 41.5 Å². The largest absolute Gasteiger partial charge is 0.466 e. The van der Waals surface area contributed by atoms with Gasteiger partial charge in [-0.25, -0.2) is 4.39 Å². The molecule has 5 nitrogen and oxygen atoms in total. The van der Waals surface area contributed by atoms with Crippen molar-refractivity contribution in [2.24, 2.45) is 10.8 Å². The maximum Gasteiger partial charge on any atom is 0.311 e. The van der Waals surface area contributed by atoms with E-state index >= 15 is 0 Å². The van der Waals surface area contributed by atoms with Crippen molar-refractivity contribution in [3.63, 3.8) is 0 Å². The molecule has 0 heterocycles. The second-order valence-corrected chi connectivity index (χ2v) is 7.56. The minimum Gasteiger partial charge on any atom is -0.466 e. The van der Waals surface area contributed by atoms with Crippen LogP contribution in [-0.4, -0.2) is 44.9 Å². The molecule has 0 aromatic carbocycles. The molecular weight excluding hydrogens is 288 g/mol. The highest BCUT2D eigenvalue weighted by molar-refractivity contribution is 6.12. The number of ether oxygens (including phenoxy) is 2. The van der Waals surface area contributed by atoms with E-state index in [1.165, 1.54) is 0 Å². The zero-order valence-electron chi connectivity index (χ0n) is 14.5. The number of hydrogen-bond acceptors (Lipinski definition) is 5. The van der Waals surface area contributed by atoms with Crippen LogP contribution in [0.2, 0.25) is 5.82 Å². The Morgan fingerprint density at radius 2 is 1.59 bits per heavy atom. The summed E-state index contributed by atoms with van der Waals surface area (Å²) in [5, 5.41) is 7.05. The lowest BCUT2D eigenvalue weighted by Gasteiger charge is -2.29. The number of nitrogens with one attached hydrogen (secondary N) is 1. The molecule has 0 saturated carbocycles. The van der Waals surface area contributed by atoms with Gasteiger partial charge in [0.05, 0.1) is 17.4 Å². The van der Waals surface area contributed by atoms with E-state index < -0.39 is 40.9 Å². The van der Waals surface area contributed by atoms with E-state index in [1.807, 2.05) is 0 Å². The number of rotatable bonds is 6. The lowest BCUT2D eigenvalue weighted by atomic mass is 9.81. The molecule has 0 saturated heterocycles. The third kappa shape index (κ3) is 6.58. The van der Waals surface area contributed by atoms with Gasteiger partial charge in [-0.3, -0.25) is 9.59 Å². The van der Waals surface area contributed by atoms with Crippen molar-refractivity contribution in [3.8, 4) is 0 Å². The molecule has 0 amide bonds. The molecule has 7 heteroatoms. The van der Waals surface area contributed by atoms with Gasteiger partial charge in [0.15, 0.2) is 6.17 Å². The summed E-state index contributed by atoms with van der Waals surface area (Å²) in [4.78, 5) is 23.7. The fourth-order valence-corrected chi connectivity index (χ4v) is 1.41. The zero-order chi connectivity index (χ0) is 17.7. The summed E-state index contributed by atoms with van der Waals surface area (Å²) in [7, 11) is 1.62. The molecule has 0 rings (SSSR count). The summed E-state index contributed by atoms with van der Waals surface area (Å²) < 4.78 is 24.2. The maximum atomic E-state index is 13.9. The van der Waals surface area contributed by atoms with Crippen molar-refractivity contribution in [3.05, 3.63) is 0 Å². The van der Waals surface area contributed by atoms with Crippen LogP contribution in [0.3, 0.4) is 0 Å². The van der Waals surface area contributed by atoms with E-state index in [9.17, 15) is 14.0 Å². The summed E-state index contributed by atoms with van der Waals surface area (Å²) >= 11 is 0. The predicted octanol–water partition coefficient (Wildman–Crippen LogP) is 1.94. The molecule has 22 heavy (non-hydrogen) atoms. The van der Waals surface area contributed by atoms with Gasteiger partial charge in [0.1, 0.15) is 14.0 Å². The Morgan fingerprint density at radius 1 is 1.14 bits per heavy atom. The van der Waals surface area contributed by atoms with Crippen molar-refractivity contribution in [1.82, 2.24) is 0 Å². The summed E-state index contributed by atoms with van der Waals surface area (Å²) in [6, 6.07) is 0. The van der Waals surface area contributed by atoms with E-state index in [0.29, 0.717) is 6.21 Å². The Kier molecular flexibility index (Phi) is 7.25. The first kappa shape index (κ1) is 20.6. The van der Waals surface area contributed by atoms with Crippen LogP contribution >= 0.6 is 0 Å². The smallest absolute Gasteiger partial charge is 0.311 e. The van der Waals surface area contributed by atoms with Gasteiger partial charge >= 0.3 is 11.9 Å². The molecule has 0 fully saturated rings. The molecule has 1 N–H and O–H groups in total. The second kappa shape index (κ2) is 7.74. The number of carbonyl (C=O) groups is 2. The van der Waals surface area contributed by atoms with Crippen LogP contribution in [0.4, 0.5) is 4.39 Å². The molecule has 1 unspecified atom stereocenters. The first-order valence-electron chi connectivity index (χ1n) is 7.33. The van der Waals surface area contributed by atoms with Gasteiger partial charge in [-0.1, -0.05) is 0 Å². The number of hydrogen-bond donors (Lipinski definition) is 1. The highest BCUT2D eigenvalue weighted by Gasteiger charge is 2.34. The van der Waals surface area contributed by atoms with Crippen molar-refractivity contribution in [1.29, 1.82) is 5.41 Å². The molecule has 126 valence electrons. The highest BCUT2D eigenvalue weighted by Crippen LogP contribution is 2.24. The minimum atomic E-state index is -1.74. The molecule has 0 aliphatic rings. The third-order valence-corrected chi connectivity index (χ3v) is 2.98. The number of esters is 2. The number of halogens is 1. The van der Waals surface area contributed by atoms with E-state index in [0.717, 1.165) is 0 Å². The third-order valence-electron chi connectivity index (χ3n) is 2.98. The highest BCUT2D eigenvalue weighted by atomic mass is 19.1. The molecule has 3 atom stereocenters. The van der Waals surface area contributed by atoms with Crippen molar-refractivity contribution in [2.45, 2.75) is 59.6 Å². The Balaban J connectivity index is 4.87. The first-order chi connectivity index (χ1) is 9.80. The Hall–Kier alpha value is -1.40. The average molecular weight is 315 g/mol. The Morgan fingerprint density at radius 3 is 1.95 bits per heavy atom. The van der Waals surface area contributed by atoms with Gasteiger partial charge < -0.3 is 14.9 Å². The molecule has 0 bridgehead atoms. The minimum absolute atomic E-state index is 0.0769. The van der Waals surface area contributed by atoms with Crippen LogP contribution in [0.5, 0.6) is 0 Å². The van der Waals surface area contributed by atoms with Crippen molar-refractivity contribution in [2.75, 3.05) is 6.61 Å². The molecular formula is C15H27BFNO4. The monoisotopic (exact) mass is 315 g/mol. The summed E-state index contributed by atoms with van der Waals surface area (Å²) in [6.45, 7) is 10.1. The van der Waals surface area contributed by atoms with E-state index in [4.69, 9.17) is 14.9 Å². The molecule has 0 aliphatic heterocycles. The fraction of sp³-hybridized carbons (Fsp3) is 0.800. The number of carbonyl (C=O) groups excluding carboxylic acids is 2. The SMILES string of the molecule is B[C@@H](COC(=O)C(C)(C)C)C(OC(=O)C(C)(C)C)[C@H](F)C=N. The zero-order valence-corrected chi connectivity index (χ0v) is 14.5. The van der Waals surface area contributed by atoms with Crippen LogP contribution in [0.15, 0.2) is 0 Å². The van der Waals surface area contributed by atoms with Crippen LogP contribution < -0.4 is 0 Å². The van der Waals surface area contributed by atoms with Gasteiger partial charge in [0.2, 0.25) is 0 Å².